The predicted octanol–water partition coefficient (Wildman–Crippen LogP) is 1.83. The summed E-state index contributed by atoms with van der Waals surface area (Å²) < 4.78 is 32.8. The van der Waals surface area contributed by atoms with E-state index >= 15 is 0 Å². The highest BCUT2D eigenvalue weighted by Crippen LogP contribution is 2.33. The van der Waals surface area contributed by atoms with E-state index in [-0.39, 0.29) is 31.6 Å². The zero-order valence-corrected chi connectivity index (χ0v) is 13.5. The van der Waals surface area contributed by atoms with E-state index in [1.165, 1.54) is 17.9 Å². The van der Waals surface area contributed by atoms with Crippen molar-refractivity contribution in [3.05, 3.63) is 24.0 Å². The Bertz CT molecular complexity index is 670. The molecule has 6 nitrogen and oxygen atoms in total. The predicted molar refractivity (Wildman–Crippen MR) is 84.4 cm³/mol. The second-order valence-corrected chi connectivity index (χ2v) is 6.10. The molecule has 2 heterocycles. The minimum Gasteiger partial charge on any atom is -0.442 e. The Morgan fingerprint density at radius 2 is 2.17 bits per heavy atom. The number of amides is 2. The molecular weight excluding hydrogens is 320 g/mol. The first kappa shape index (κ1) is 16.5. The number of nitrogens with zero attached hydrogens (tertiary/aromatic N) is 2. The smallest absolute Gasteiger partial charge is 0.414 e. The maximum atomic E-state index is 14.4. The number of cyclic esters (lactones) is 1. The molecule has 2 aliphatic heterocycles. The van der Waals surface area contributed by atoms with Crippen molar-refractivity contribution in [2.45, 2.75) is 32.2 Å². The average Bonchev–Trinajstić information content (AvgIpc) is 2.91. The lowest BCUT2D eigenvalue weighted by Gasteiger charge is -2.43. The van der Waals surface area contributed by atoms with Gasteiger partial charge in [0, 0.05) is 6.92 Å². The van der Waals surface area contributed by atoms with Gasteiger partial charge in [-0.1, -0.05) is 0 Å². The van der Waals surface area contributed by atoms with Crippen LogP contribution in [0.2, 0.25) is 0 Å². The Hall–Kier alpha value is -2.38. The minimum absolute atomic E-state index is 0.169. The molecule has 1 aromatic rings. The molecule has 1 N–H and O–H groups in total. The van der Waals surface area contributed by atoms with Gasteiger partial charge >= 0.3 is 6.09 Å². The second kappa shape index (κ2) is 6.26. The van der Waals surface area contributed by atoms with Crippen LogP contribution in [0.4, 0.5) is 25.0 Å². The maximum absolute atomic E-state index is 14.4. The average molecular weight is 339 g/mol. The van der Waals surface area contributed by atoms with Crippen LogP contribution in [-0.2, 0) is 9.53 Å². The molecule has 0 saturated carbocycles. The Kier molecular flexibility index (Phi) is 4.29. The Labute approximate surface area is 138 Å². The molecule has 2 aliphatic rings. The first-order chi connectivity index (χ1) is 11.4. The first-order valence-corrected chi connectivity index (χ1v) is 7.79. The van der Waals surface area contributed by atoms with Crippen LogP contribution in [0.1, 0.15) is 13.8 Å². The zero-order chi connectivity index (χ0) is 17.4. The van der Waals surface area contributed by atoms with Crippen molar-refractivity contribution in [1.29, 1.82) is 0 Å². The number of nitrogens with one attached hydrogen (secondary N) is 1. The number of anilines is 2. The highest BCUT2D eigenvalue weighted by Gasteiger charge is 2.37. The number of ether oxygens (including phenoxy) is 1. The summed E-state index contributed by atoms with van der Waals surface area (Å²) in [7, 11) is 0. The van der Waals surface area contributed by atoms with Crippen LogP contribution < -0.4 is 15.1 Å². The molecule has 0 spiro atoms. The molecule has 2 amide bonds. The maximum Gasteiger partial charge on any atom is 0.414 e. The van der Waals surface area contributed by atoms with Gasteiger partial charge in [0.05, 0.1) is 37.1 Å². The van der Waals surface area contributed by atoms with E-state index in [2.05, 4.69) is 5.32 Å². The van der Waals surface area contributed by atoms with Crippen LogP contribution >= 0.6 is 0 Å². The molecule has 130 valence electrons. The number of hydrogen-bond acceptors (Lipinski definition) is 4. The van der Waals surface area contributed by atoms with E-state index in [0.29, 0.717) is 11.4 Å². The number of rotatable bonds is 4. The monoisotopic (exact) mass is 339 g/mol. The minimum atomic E-state index is -0.952. The molecule has 2 saturated heterocycles. The van der Waals surface area contributed by atoms with Crippen LogP contribution in [0.15, 0.2) is 18.2 Å². The largest absolute Gasteiger partial charge is 0.442 e. The summed E-state index contributed by atoms with van der Waals surface area (Å²) in [5, 5.41) is 2.58. The lowest BCUT2D eigenvalue weighted by Crippen LogP contribution is -2.56. The molecule has 3 rings (SSSR count). The fourth-order valence-corrected chi connectivity index (χ4v) is 2.87. The van der Waals surface area contributed by atoms with E-state index in [9.17, 15) is 18.4 Å². The third-order valence-electron chi connectivity index (χ3n) is 4.39. The first-order valence-electron chi connectivity index (χ1n) is 7.79. The molecule has 0 radical (unpaired) electrons. The Morgan fingerprint density at radius 3 is 2.75 bits per heavy atom. The lowest BCUT2D eigenvalue weighted by atomic mass is 10.0. The van der Waals surface area contributed by atoms with Gasteiger partial charge in [-0.25, -0.2) is 13.6 Å². The van der Waals surface area contributed by atoms with Crippen molar-refractivity contribution >= 4 is 23.4 Å². The molecule has 0 bridgehead atoms. The van der Waals surface area contributed by atoms with Crippen molar-refractivity contribution < 1.29 is 23.1 Å². The number of halogens is 2. The van der Waals surface area contributed by atoms with Gasteiger partial charge in [-0.05, 0) is 25.1 Å². The molecule has 24 heavy (non-hydrogen) atoms. The Morgan fingerprint density at radius 1 is 1.42 bits per heavy atom. The summed E-state index contributed by atoms with van der Waals surface area (Å²) in [6, 6.07) is 4.04. The van der Waals surface area contributed by atoms with Crippen molar-refractivity contribution in [1.82, 2.24) is 5.32 Å². The third-order valence-corrected chi connectivity index (χ3v) is 4.39. The summed E-state index contributed by atoms with van der Waals surface area (Å²) in [4.78, 5) is 25.8. The number of carbonyl (C=O) groups is 2. The van der Waals surface area contributed by atoms with Gasteiger partial charge in [-0.2, -0.15) is 0 Å². The number of carbonyl (C=O) groups excluding carboxylic acids is 2. The molecule has 1 unspecified atom stereocenters. The summed E-state index contributed by atoms with van der Waals surface area (Å²) in [6.45, 7) is 3.68. The lowest BCUT2D eigenvalue weighted by molar-refractivity contribution is -0.119. The topological polar surface area (TPSA) is 61.9 Å². The zero-order valence-electron chi connectivity index (χ0n) is 13.5. The molecule has 2 fully saturated rings. The van der Waals surface area contributed by atoms with E-state index in [4.69, 9.17) is 4.74 Å². The number of benzene rings is 1. The van der Waals surface area contributed by atoms with Crippen LogP contribution in [0.25, 0.3) is 0 Å². The third kappa shape index (κ3) is 3.00. The fraction of sp³-hybridized carbons (Fsp3) is 0.500. The van der Waals surface area contributed by atoms with Gasteiger partial charge in [0.25, 0.3) is 0 Å². The van der Waals surface area contributed by atoms with Crippen LogP contribution in [0.3, 0.4) is 0 Å². The summed E-state index contributed by atoms with van der Waals surface area (Å²) in [5.74, 6) is -0.723. The quantitative estimate of drug-likeness (QED) is 0.909. The molecule has 3 atom stereocenters. The van der Waals surface area contributed by atoms with E-state index < -0.39 is 24.2 Å². The van der Waals surface area contributed by atoms with Crippen LogP contribution in [0, 0.1) is 5.82 Å². The number of hydrogen-bond donors (Lipinski definition) is 1. The fourth-order valence-electron chi connectivity index (χ4n) is 2.87. The SMILES string of the molecule is CC(=O)NC[C@H]1CN(c2ccc(N3CC(F)[C@H]3C)c(F)c2)C(=O)O1. The van der Waals surface area contributed by atoms with E-state index in [1.54, 1.807) is 24.0 Å². The standard InChI is InChI=1S/C16H19F2N3O3/c1-9-14(18)8-20(9)15-4-3-11(5-13(15)17)21-7-12(24-16(21)23)6-19-10(2)22/h3-5,9,12,14H,6-8H2,1-2H3,(H,19,22)/t9-,12+,14?/m1/s1. The molecule has 0 aliphatic carbocycles. The van der Waals surface area contributed by atoms with Gasteiger partial charge < -0.3 is 15.0 Å². The van der Waals surface area contributed by atoms with Crippen LogP contribution in [0.5, 0.6) is 0 Å². The van der Waals surface area contributed by atoms with Gasteiger partial charge in [0.2, 0.25) is 5.91 Å². The highest BCUT2D eigenvalue weighted by atomic mass is 19.1. The summed E-state index contributed by atoms with van der Waals surface area (Å²) >= 11 is 0. The van der Waals surface area contributed by atoms with Crippen LogP contribution in [-0.4, -0.2) is 50.0 Å². The van der Waals surface area contributed by atoms with Gasteiger partial charge in [-0.3, -0.25) is 9.69 Å². The number of alkyl halides is 1. The van der Waals surface area contributed by atoms with E-state index in [0.717, 1.165) is 0 Å². The van der Waals surface area contributed by atoms with Crippen molar-refractivity contribution in [2.24, 2.45) is 0 Å². The van der Waals surface area contributed by atoms with Crippen molar-refractivity contribution in [2.75, 3.05) is 29.4 Å². The van der Waals surface area contributed by atoms with E-state index in [1.807, 2.05) is 0 Å². The van der Waals surface area contributed by atoms with Crippen molar-refractivity contribution in [3.63, 3.8) is 0 Å². The normalized spacial score (nSPS) is 26.2. The molecule has 8 heteroatoms. The second-order valence-electron chi connectivity index (χ2n) is 6.10. The summed E-state index contributed by atoms with van der Waals surface area (Å²) in [5.41, 5.74) is 0.694. The van der Waals surface area contributed by atoms with Gasteiger partial charge in [0.1, 0.15) is 18.1 Å². The van der Waals surface area contributed by atoms with Gasteiger partial charge in [-0.15, -0.1) is 0 Å². The molecule has 0 aromatic heterocycles. The van der Waals surface area contributed by atoms with Crippen molar-refractivity contribution in [3.8, 4) is 0 Å². The Balaban J connectivity index is 1.70. The molecule has 1 aromatic carbocycles. The highest BCUT2D eigenvalue weighted by molar-refractivity contribution is 5.90. The molecular formula is C16H19F2N3O3. The van der Waals surface area contributed by atoms with Gasteiger partial charge in [0.15, 0.2) is 0 Å². The summed E-state index contributed by atoms with van der Waals surface area (Å²) in [6.07, 6.45) is -2.02.